The third-order valence-electron chi connectivity index (χ3n) is 3.12. The van der Waals surface area contributed by atoms with Gasteiger partial charge in [0.25, 0.3) is 5.19 Å². The summed E-state index contributed by atoms with van der Waals surface area (Å²) in [5.41, 5.74) is 1.04. The second-order valence-corrected chi connectivity index (χ2v) is 5.46. The number of hydrogen-bond donors (Lipinski definition) is 1. The van der Waals surface area contributed by atoms with Crippen molar-refractivity contribution in [2.24, 2.45) is 5.92 Å². The van der Waals surface area contributed by atoms with Crippen molar-refractivity contribution in [3.63, 3.8) is 0 Å². The summed E-state index contributed by atoms with van der Waals surface area (Å²) < 4.78 is 7.00. The van der Waals surface area contributed by atoms with Gasteiger partial charge in [0.15, 0.2) is 0 Å². The number of nitrogens with one attached hydrogen (secondary N) is 1. The first-order valence-electron chi connectivity index (χ1n) is 6.11. The van der Waals surface area contributed by atoms with Crippen LogP contribution >= 0.6 is 23.7 Å². The Morgan fingerprint density at radius 1 is 1.39 bits per heavy atom. The molecular formula is C13H17ClN2OS. The highest BCUT2D eigenvalue weighted by molar-refractivity contribution is 7.20. The number of fused-ring (bicyclic) bond motifs is 1. The first-order chi connectivity index (χ1) is 8.42. The standard InChI is InChI=1S/C13H16N2OS.ClH/c1-2-6-12-11(5-1)15-13(17-12)16-9-10-4-3-7-14-8-10;/h1-2,5-6,10,14H,3-4,7-9H2;1H. The smallest absolute Gasteiger partial charge is 0.274 e. The summed E-state index contributed by atoms with van der Waals surface area (Å²) in [6.07, 6.45) is 2.52. The van der Waals surface area contributed by atoms with Crippen LogP contribution in [0.15, 0.2) is 24.3 Å². The van der Waals surface area contributed by atoms with Crippen LogP contribution < -0.4 is 10.1 Å². The fourth-order valence-corrected chi connectivity index (χ4v) is 2.99. The molecule has 0 saturated carbocycles. The molecule has 5 heteroatoms. The van der Waals surface area contributed by atoms with E-state index in [1.54, 1.807) is 11.3 Å². The summed E-state index contributed by atoms with van der Waals surface area (Å²) in [7, 11) is 0. The highest BCUT2D eigenvalue weighted by atomic mass is 35.5. The van der Waals surface area contributed by atoms with E-state index in [-0.39, 0.29) is 12.4 Å². The number of aromatic nitrogens is 1. The van der Waals surface area contributed by atoms with Gasteiger partial charge in [-0.3, -0.25) is 0 Å². The Morgan fingerprint density at radius 2 is 2.28 bits per heavy atom. The van der Waals surface area contributed by atoms with Gasteiger partial charge >= 0.3 is 0 Å². The third kappa shape index (κ3) is 3.13. The van der Waals surface area contributed by atoms with Crippen molar-refractivity contribution in [2.45, 2.75) is 12.8 Å². The van der Waals surface area contributed by atoms with Crippen molar-refractivity contribution >= 4 is 34.0 Å². The molecule has 0 radical (unpaired) electrons. The Balaban J connectivity index is 0.00000120. The van der Waals surface area contributed by atoms with E-state index in [9.17, 15) is 0 Å². The highest BCUT2D eigenvalue weighted by Gasteiger charge is 2.14. The lowest BCUT2D eigenvalue weighted by atomic mass is 10.0. The largest absolute Gasteiger partial charge is 0.470 e. The SMILES string of the molecule is Cl.c1ccc2sc(OCC3CCCNC3)nc2c1. The average molecular weight is 285 g/mol. The van der Waals surface area contributed by atoms with Crippen LogP contribution in [0.2, 0.25) is 0 Å². The van der Waals surface area contributed by atoms with Gasteiger partial charge in [0.1, 0.15) is 0 Å². The molecule has 1 aliphatic heterocycles. The van der Waals surface area contributed by atoms with Crippen molar-refractivity contribution in [2.75, 3.05) is 19.7 Å². The Morgan fingerprint density at radius 3 is 3.06 bits per heavy atom. The lowest BCUT2D eigenvalue weighted by Gasteiger charge is -2.21. The second kappa shape index (κ2) is 6.36. The summed E-state index contributed by atoms with van der Waals surface area (Å²) in [5, 5.41) is 4.20. The lowest BCUT2D eigenvalue weighted by Crippen LogP contribution is -2.32. The molecule has 0 amide bonds. The number of halogens is 1. The predicted octanol–water partition coefficient (Wildman–Crippen LogP) is 3.10. The molecule has 1 aliphatic rings. The summed E-state index contributed by atoms with van der Waals surface area (Å²) in [4.78, 5) is 4.47. The maximum atomic E-state index is 5.80. The maximum absolute atomic E-state index is 5.80. The first kappa shape index (κ1) is 13.6. The molecule has 98 valence electrons. The van der Waals surface area contributed by atoms with Crippen molar-refractivity contribution in [1.82, 2.24) is 10.3 Å². The molecule has 1 N–H and O–H groups in total. The van der Waals surface area contributed by atoms with Crippen molar-refractivity contribution in [1.29, 1.82) is 0 Å². The van der Waals surface area contributed by atoms with Crippen LogP contribution in [0.1, 0.15) is 12.8 Å². The average Bonchev–Trinajstić information content (AvgIpc) is 2.80. The molecule has 0 bridgehead atoms. The van der Waals surface area contributed by atoms with Gasteiger partial charge < -0.3 is 10.1 Å². The molecular weight excluding hydrogens is 268 g/mol. The van der Waals surface area contributed by atoms with Gasteiger partial charge in [0, 0.05) is 12.5 Å². The number of nitrogens with zero attached hydrogens (tertiary/aromatic N) is 1. The minimum absolute atomic E-state index is 0. The molecule has 1 atom stereocenters. The zero-order valence-corrected chi connectivity index (χ0v) is 11.7. The van der Waals surface area contributed by atoms with E-state index >= 15 is 0 Å². The molecule has 2 aromatic rings. The van der Waals surface area contributed by atoms with E-state index in [0.717, 1.165) is 30.4 Å². The van der Waals surface area contributed by atoms with Gasteiger partial charge in [-0.15, -0.1) is 12.4 Å². The van der Waals surface area contributed by atoms with Crippen LogP contribution in [0.4, 0.5) is 0 Å². The highest BCUT2D eigenvalue weighted by Crippen LogP contribution is 2.27. The second-order valence-electron chi connectivity index (χ2n) is 4.47. The van der Waals surface area contributed by atoms with Crippen molar-refractivity contribution in [3.8, 4) is 5.19 Å². The molecule has 1 aromatic carbocycles. The molecule has 1 aromatic heterocycles. The van der Waals surface area contributed by atoms with E-state index < -0.39 is 0 Å². The normalized spacial score (nSPS) is 19.4. The van der Waals surface area contributed by atoms with Crippen LogP contribution in [0.5, 0.6) is 5.19 Å². The van der Waals surface area contributed by atoms with Crippen LogP contribution in [-0.4, -0.2) is 24.7 Å². The van der Waals surface area contributed by atoms with E-state index in [1.807, 2.05) is 18.2 Å². The van der Waals surface area contributed by atoms with Gasteiger partial charge in [-0.2, -0.15) is 0 Å². The number of piperidine rings is 1. The third-order valence-corrected chi connectivity index (χ3v) is 4.06. The number of rotatable bonds is 3. The van der Waals surface area contributed by atoms with Crippen molar-refractivity contribution in [3.05, 3.63) is 24.3 Å². The van der Waals surface area contributed by atoms with Gasteiger partial charge in [-0.05, 0) is 31.5 Å². The van der Waals surface area contributed by atoms with E-state index in [2.05, 4.69) is 16.4 Å². The quantitative estimate of drug-likeness (QED) is 0.940. The number of ether oxygens (including phenoxy) is 1. The van der Waals surface area contributed by atoms with Gasteiger partial charge in [0.2, 0.25) is 0 Å². The Kier molecular flexibility index (Phi) is 4.80. The van der Waals surface area contributed by atoms with Crippen LogP contribution in [0.25, 0.3) is 10.2 Å². The minimum Gasteiger partial charge on any atom is -0.470 e. The molecule has 1 unspecified atom stereocenters. The maximum Gasteiger partial charge on any atom is 0.274 e. The first-order valence-corrected chi connectivity index (χ1v) is 6.92. The zero-order chi connectivity index (χ0) is 11.5. The minimum atomic E-state index is 0. The molecule has 3 rings (SSSR count). The Labute approximate surface area is 117 Å². The molecule has 0 aliphatic carbocycles. The molecule has 18 heavy (non-hydrogen) atoms. The predicted molar refractivity (Wildman–Crippen MR) is 78.0 cm³/mol. The van der Waals surface area contributed by atoms with Gasteiger partial charge in [-0.1, -0.05) is 23.5 Å². The fourth-order valence-electron chi connectivity index (χ4n) is 2.17. The summed E-state index contributed by atoms with van der Waals surface area (Å²) >= 11 is 1.63. The zero-order valence-electron chi connectivity index (χ0n) is 10.1. The van der Waals surface area contributed by atoms with E-state index in [4.69, 9.17) is 4.74 Å². The number of benzene rings is 1. The molecule has 2 heterocycles. The number of para-hydroxylation sites is 1. The Bertz CT molecular complexity index is 463. The van der Waals surface area contributed by atoms with Crippen LogP contribution in [0, 0.1) is 5.92 Å². The van der Waals surface area contributed by atoms with Gasteiger partial charge in [0.05, 0.1) is 16.8 Å². The topological polar surface area (TPSA) is 34.1 Å². The summed E-state index contributed by atoms with van der Waals surface area (Å²) in [6, 6.07) is 8.16. The monoisotopic (exact) mass is 284 g/mol. The van der Waals surface area contributed by atoms with Crippen LogP contribution in [-0.2, 0) is 0 Å². The molecule has 0 spiro atoms. The van der Waals surface area contributed by atoms with Crippen LogP contribution in [0.3, 0.4) is 0 Å². The lowest BCUT2D eigenvalue weighted by molar-refractivity contribution is 0.218. The fraction of sp³-hybridized carbons (Fsp3) is 0.462. The van der Waals surface area contributed by atoms with E-state index in [0.29, 0.717) is 5.92 Å². The molecule has 1 saturated heterocycles. The molecule has 1 fully saturated rings. The summed E-state index contributed by atoms with van der Waals surface area (Å²) in [5.74, 6) is 0.635. The number of thiazole rings is 1. The van der Waals surface area contributed by atoms with Gasteiger partial charge in [-0.25, -0.2) is 4.98 Å². The number of hydrogen-bond acceptors (Lipinski definition) is 4. The Hall–Kier alpha value is -0.840. The van der Waals surface area contributed by atoms with E-state index in [1.165, 1.54) is 17.5 Å². The summed E-state index contributed by atoms with van der Waals surface area (Å²) in [6.45, 7) is 3.01. The van der Waals surface area contributed by atoms with Crippen molar-refractivity contribution < 1.29 is 4.74 Å². The molecule has 3 nitrogen and oxygen atoms in total.